The summed E-state index contributed by atoms with van der Waals surface area (Å²) in [5, 5.41) is 9.72. The number of rotatable bonds is 2. The molecular weight excluding hydrogens is 212 g/mol. The maximum atomic E-state index is 9.11. The van der Waals surface area contributed by atoms with E-state index in [4.69, 9.17) is 16.7 Å². The highest BCUT2D eigenvalue weighted by molar-refractivity contribution is 6.34. The Morgan fingerprint density at radius 2 is 2.13 bits per heavy atom. The molecule has 1 saturated heterocycles. The zero-order valence-corrected chi connectivity index (χ0v) is 9.59. The van der Waals surface area contributed by atoms with Crippen molar-refractivity contribution in [2.24, 2.45) is 0 Å². The van der Waals surface area contributed by atoms with Crippen LogP contribution in [0, 0.1) is 6.92 Å². The Morgan fingerprint density at radius 1 is 1.47 bits per heavy atom. The van der Waals surface area contributed by atoms with E-state index in [2.05, 4.69) is 9.88 Å². The molecule has 2 heterocycles. The van der Waals surface area contributed by atoms with E-state index in [9.17, 15) is 0 Å². The predicted molar refractivity (Wildman–Crippen MR) is 61.4 cm³/mol. The van der Waals surface area contributed by atoms with Crippen LogP contribution in [0.15, 0.2) is 6.20 Å². The lowest BCUT2D eigenvalue weighted by Gasteiger charge is -2.22. The number of anilines is 1. The third-order valence-corrected chi connectivity index (χ3v) is 3.22. The number of halogens is 1. The third-order valence-electron chi connectivity index (χ3n) is 2.82. The fourth-order valence-electron chi connectivity index (χ4n) is 2.04. The molecule has 15 heavy (non-hydrogen) atoms. The van der Waals surface area contributed by atoms with Gasteiger partial charge in [-0.2, -0.15) is 0 Å². The number of aryl methyl sites for hydroxylation is 1. The molecule has 1 aromatic heterocycles. The van der Waals surface area contributed by atoms with Crippen LogP contribution in [-0.2, 0) is 6.61 Å². The molecule has 1 fully saturated rings. The Bertz CT molecular complexity index is 362. The molecular formula is C11H15ClN2O. The van der Waals surface area contributed by atoms with Crippen molar-refractivity contribution in [3.05, 3.63) is 22.5 Å². The van der Waals surface area contributed by atoms with Crippen LogP contribution in [0.4, 0.5) is 5.69 Å². The number of hydrogen-bond acceptors (Lipinski definition) is 3. The quantitative estimate of drug-likeness (QED) is 0.840. The predicted octanol–water partition coefficient (Wildman–Crippen LogP) is 2.14. The minimum Gasteiger partial charge on any atom is -0.390 e. The van der Waals surface area contributed by atoms with E-state index < -0.39 is 0 Å². The standard InChI is InChI=1S/C11H15ClN2O/c1-8-6-13-9(7-15)10(12)11(8)14-4-2-3-5-14/h6,15H,2-5,7H2,1H3. The molecule has 0 radical (unpaired) electrons. The molecule has 0 bridgehead atoms. The summed E-state index contributed by atoms with van der Waals surface area (Å²) >= 11 is 6.23. The van der Waals surface area contributed by atoms with E-state index in [0.717, 1.165) is 24.3 Å². The van der Waals surface area contributed by atoms with Crippen LogP contribution in [0.2, 0.25) is 5.02 Å². The first-order chi connectivity index (χ1) is 7.24. The molecule has 0 spiro atoms. The summed E-state index contributed by atoms with van der Waals surface area (Å²) in [5.41, 5.74) is 2.71. The summed E-state index contributed by atoms with van der Waals surface area (Å²) in [7, 11) is 0. The average molecular weight is 227 g/mol. The molecule has 82 valence electrons. The molecule has 0 saturated carbocycles. The number of aliphatic hydroxyl groups excluding tert-OH is 1. The molecule has 4 heteroatoms. The van der Waals surface area contributed by atoms with E-state index in [1.807, 2.05) is 6.92 Å². The Morgan fingerprint density at radius 3 is 2.73 bits per heavy atom. The highest BCUT2D eigenvalue weighted by Crippen LogP contribution is 2.33. The van der Waals surface area contributed by atoms with Gasteiger partial charge in [0.05, 0.1) is 23.0 Å². The van der Waals surface area contributed by atoms with Gasteiger partial charge in [-0.3, -0.25) is 4.98 Å². The zero-order valence-electron chi connectivity index (χ0n) is 8.83. The van der Waals surface area contributed by atoms with E-state index in [0.29, 0.717) is 10.7 Å². The monoisotopic (exact) mass is 226 g/mol. The maximum absolute atomic E-state index is 9.11. The van der Waals surface area contributed by atoms with E-state index in [1.165, 1.54) is 12.8 Å². The zero-order chi connectivity index (χ0) is 10.8. The molecule has 0 atom stereocenters. The van der Waals surface area contributed by atoms with Crippen LogP contribution in [0.5, 0.6) is 0 Å². The van der Waals surface area contributed by atoms with Gasteiger partial charge in [0, 0.05) is 19.3 Å². The summed E-state index contributed by atoms with van der Waals surface area (Å²) in [6.07, 6.45) is 4.21. The van der Waals surface area contributed by atoms with Gasteiger partial charge in [0.1, 0.15) is 0 Å². The molecule has 1 aliphatic heterocycles. The van der Waals surface area contributed by atoms with Gasteiger partial charge in [-0.15, -0.1) is 0 Å². The lowest BCUT2D eigenvalue weighted by molar-refractivity contribution is 0.277. The van der Waals surface area contributed by atoms with Gasteiger partial charge in [0.2, 0.25) is 0 Å². The fraction of sp³-hybridized carbons (Fsp3) is 0.545. The molecule has 3 nitrogen and oxygen atoms in total. The first-order valence-corrected chi connectivity index (χ1v) is 5.61. The number of aromatic nitrogens is 1. The average Bonchev–Trinajstić information content (AvgIpc) is 2.71. The summed E-state index contributed by atoms with van der Waals surface area (Å²) < 4.78 is 0. The molecule has 0 amide bonds. The highest BCUT2D eigenvalue weighted by Gasteiger charge is 2.19. The first-order valence-electron chi connectivity index (χ1n) is 5.24. The van der Waals surface area contributed by atoms with Gasteiger partial charge < -0.3 is 10.0 Å². The normalized spacial score (nSPS) is 16.1. The van der Waals surface area contributed by atoms with E-state index >= 15 is 0 Å². The van der Waals surface area contributed by atoms with Crippen molar-refractivity contribution in [3.63, 3.8) is 0 Å². The SMILES string of the molecule is Cc1cnc(CO)c(Cl)c1N1CCCC1. The van der Waals surface area contributed by atoms with Crippen LogP contribution >= 0.6 is 11.6 Å². The molecule has 2 rings (SSSR count). The van der Waals surface area contributed by atoms with Gasteiger partial charge in [-0.05, 0) is 25.3 Å². The second-order valence-electron chi connectivity index (χ2n) is 3.90. The van der Waals surface area contributed by atoms with Gasteiger partial charge in [-0.25, -0.2) is 0 Å². The smallest absolute Gasteiger partial charge is 0.0881 e. The summed E-state index contributed by atoms with van der Waals surface area (Å²) in [4.78, 5) is 6.40. The lowest BCUT2D eigenvalue weighted by atomic mass is 10.2. The minimum absolute atomic E-state index is 0.0973. The minimum atomic E-state index is -0.0973. The Hall–Kier alpha value is -0.800. The van der Waals surface area contributed by atoms with Crippen LogP contribution in [0.3, 0.4) is 0 Å². The summed E-state index contributed by atoms with van der Waals surface area (Å²) in [6.45, 7) is 4.01. The van der Waals surface area contributed by atoms with Crippen LogP contribution in [-0.4, -0.2) is 23.2 Å². The second kappa shape index (κ2) is 4.37. The van der Waals surface area contributed by atoms with Crippen molar-refractivity contribution in [1.29, 1.82) is 0 Å². The Labute approximate surface area is 94.7 Å². The van der Waals surface area contributed by atoms with Gasteiger partial charge in [0.15, 0.2) is 0 Å². The highest BCUT2D eigenvalue weighted by atomic mass is 35.5. The van der Waals surface area contributed by atoms with Gasteiger partial charge in [0.25, 0.3) is 0 Å². The largest absolute Gasteiger partial charge is 0.390 e. The van der Waals surface area contributed by atoms with Crippen LogP contribution in [0.1, 0.15) is 24.1 Å². The van der Waals surface area contributed by atoms with Crippen molar-refractivity contribution < 1.29 is 5.11 Å². The molecule has 1 aromatic rings. The maximum Gasteiger partial charge on any atom is 0.0881 e. The fourth-order valence-corrected chi connectivity index (χ4v) is 2.42. The van der Waals surface area contributed by atoms with E-state index in [1.54, 1.807) is 6.20 Å². The summed E-state index contributed by atoms with van der Waals surface area (Å²) in [6, 6.07) is 0. The lowest BCUT2D eigenvalue weighted by Crippen LogP contribution is -2.20. The first kappa shape index (κ1) is 10.7. The van der Waals surface area contributed by atoms with Crippen molar-refractivity contribution in [1.82, 2.24) is 4.98 Å². The van der Waals surface area contributed by atoms with Crippen molar-refractivity contribution in [2.75, 3.05) is 18.0 Å². The second-order valence-corrected chi connectivity index (χ2v) is 4.28. The summed E-state index contributed by atoms with van der Waals surface area (Å²) in [5.74, 6) is 0. The van der Waals surface area contributed by atoms with Gasteiger partial charge in [-0.1, -0.05) is 11.6 Å². The third kappa shape index (κ3) is 1.94. The van der Waals surface area contributed by atoms with Crippen LogP contribution < -0.4 is 4.90 Å². The molecule has 1 aliphatic rings. The topological polar surface area (TPSA) is 36.4 Å². The van der Waals surface area contributed by atoms with Crippen molar-refractivity contribution in [2.45, 2.75) is 26.4 Å². The van der Waals surface area contributed by atoms with Crippen molar-refractivity contribution >= 4 is 17.3 Å². The van der Waals surface area contributed by atoms with Crippen LogP contribution in [0.25, 0.3) is 0 Å². The Balaban J connectivity index is 2.43. The van der Waals surface area contributed by atoms with Gasteiger partial charge >= 0.3 is 0 Å². The molecule has 0 unspecified atom stereocenters. The molecule has 0 aliphatic carbocycles. The molecule has 1 N–H and O–H groups in total. The Kier molecular flexibility index (Phi) is 3.12. The number of hydrogen-bond donors (Lipinski definition) is 1. The number of aliphatic hydroxyl groups is 1. The molecule has 0 aromatic carbocycles. The number of nitrogens with zero attached hydrogens (tertiary/aromatic N) is 2. The van der Waals surface area contributed by atoms with Crippen molar-refractivity contribution in [3.8, 4) is 0 Å². The number of pyridine rings is 1. The van der Waals surface area contributed by atoms with E-state index in [-0.39, 0.29) is 6.61 Å².